The molecule has 1 saturated heterocycles. The average molecular weight is 279 g/mol. The van der Waals surface area contributed by atoms with Crippen LogP contribution in [0.15, 0.2) is 21.1 Å². The van der Waals surface area contributed by atoms with E-state index in [1.807, 2.05) is 6.07 Å². The van der Waals surface area contributed by atoms with Crippen LogP contribution in [0, 0.1) is 0 Å². The molecule has 1 aromatic carbocycles. The minimum absolute atomic E-state index is 0.513. The Kier molecular flexibility index (Phi) is 1.77. The maximum absolute atomic E-state index is 5.40. The molecule has 0 bridgehead atoms. The van der Waals surface area contributed by atoms with E-state index in [9.17, 15) is 0 Å². The second-order valence-corrected chi connectivity index (χ2v) is 5.56. The summed E-state index contributed by atoms with van der Waals surface area (Å²) >= 11 is 3.55. The third-order valence-corrected chi connectivity index (χ3v) is 4.29. The van der Waals surface area contributed by atoms with Gasteiger partial charge in [-0.05, 0) is 36.6 Å². The van der Waals surface area contributed by atoms with Gasteiger partial charge in [-0.2, -0.15) is 0 Å². The van der Waals surface area contributed by atoms with Crippen LogP contribution in [0.25, 0.3) is 11.0 Å². The van der Waals surface area contributed by atoms with Crippen LogP contribution in [0.1, 0.15) is 29.5 Å². The molecule has 2 aliphatic rings. The van der Waals surface area contributed by atoms with Crippen LogP contribution >= 0.6 is 15.9 Å². The molecule has 4 rings (SSSR count). The van der Waals surface area contributed by atoms with Crippen LogP contribution in [-0.4, -0.2) is 18.2 Å². The van der Waals surface area contributed by atoms with Crippen molar-refractivity contribution < 1.29 is 4.52 Å². The van der Waals surface area contributed by atoms with Crippen molar-refractivity contribution in [3.05, 3.63) is 27.9 Å². The van der Waals surface area contributed by atoms with Crippen LogP contribution in [-0.2, 0) is 0 Å². The van der Waals surface area contributed by atoms with Crippen LogP contribution in [0.5, 0.6) is 0 Å². The molecule has 1 N–H and O–H groups in total. The van der Waals surface area contributed by atoms with E-state index in [2.05, 4.69) is 32.5 Å². The number of hydrogen-bond acceptors (Lipinski definition) is 3. The molecular formula is C12H11BrN2O. The first kappa shape index (κ1) is 9.19. The number of aromatic nitrogens is 1. The van der Waals surface area contributed by atoms with Crippen molar-refractivity contribution >= 4 is 26.9 Å². The maximum Gasteiger partial charge on any atom is 0.168 e. The summed E-state index contributed by atoms with van der Waals surface area (Å²) in [6, 6.07) is 4.25. The summed E-state index contributed by atoms with van der Waals surface area (Å²) in [6.45, 7) is 2.13. The number of nitrogens with zero attached hydrogens (tertiary/aromatic N) is 1. The molecule has 1 aromatic heterocycles. The van der Waals surface area contributed by atoms with Gasteiger partial charge >= 0.3 is 0 Å². The number of nitrogens with one attached hydrogen (secondary N) is 1. The normalized spacial score (nSPS) is 27.3. The second kappa shape index (κ2) is 3.08. The highest BCUT2D eigenvalue weighted by Crippen LogP contribution is 2.49. The fraction of sp³-hybridized carbons (Fsp3) is 0.417. The van der Waals surface area contributed by atoms with Gasteiger partial charge < -0.3 is 9.84 Å². The van der Waals surface area contributed by atoms with Gasteiger partial charge in [0.2, 0.25) is 0 Å². The quantitative estimate of drug-likeness (QED) is 0.805. The molecule has 3 nitrogen and oxygen atoms in total. The molecule has 82 valence electrons. The van der Waals surface area contributed by atoms with E-state index in [4.69, 9.17) is 4.52 Å². The van der Waals surface area contributed by atoms with Gasteiger partial charge in [-0.15, -0.1) is 0 Å². The Bertz CT molecular complexity index is 578. The van der Waals surface area contributed by atoms with E-state index in [0.29, 0.717) is 11.8 Å². The smallest absolute Gasteiger partial charge is 0.168 e. The number of hydrogen-bond donors (Lipinski definition) is 1. The van der Waals surface area contributed by atoms with Gasteiger partial charge in [-0.1, -0.05) is 21.1 Å². The summed E-state index contributed by atoms with van der Waals surface area (Å²) < 4.78 is 6.50. The topological polar surface area (TPSA) is 38.1 Å². The van der Waals surface area contributed by atoms with Gasteiger partial charge in [0, 0.05) is 22.3 Å². The van der Waals surface area contributed by atoms with E-state index >= 15 is 0 Å². The van der Waals surface area contributed by atoms with Gasteiger partial charge in [0.1, 0.15) is 0 Å². The van der Waals surface area contributed by atoms with Gasteiger partial charge in [0.25, 0.3) is 0 Å². The van der Waals surface area contributed by atoms with Crippen molar-refractivity contribution in [2.45, 2.75) is 18.3 Å². The number of piperidine rings is 1. The van der Waals surface area contributed by atoms with Gasteiger partial charge in [-0.3, -0.25) is 0 Å². The lowest BCUT2D eigenvalue weighted by Crippen LogP contribution is -2.32. The Labute approximate surface area is 101 Å². The Morgan fingerprint density at radius 1 is 1.38 bits per heavy atom. The molecule has 1 aliphatic heterocycles. The Hall–Kier alpha value is -0.870. The lowest BCUT2D eigenvalue weighted by molar-refractivity contribution is 0.378. The largest absolute Gasteiger partial charge is 0.356 e. The van der Waals surface area contributed by atoms with Crippen molar-refractivity contribution in [2.24, 2.45) is 0 Å². The lowest BCUT2D eigenvalue weighted by atomic mass is 9.86. The molecule has 2 aromatic rings. The summed E-state index contributed by atoms with van der Waals surface area (Å²) in [5, 5.41) is 8.97. The predicted octanol–water partition coefficient (Wildman–Crippen LogP) is 2.76. The van der Waals surface area contributed by atoms with Gasteiger partial charge in [-0.25, -0.2) is 0 Å². The van der Waals surface area contributed by atoms with Crippen molar-refractivity contribution in [2.75, 3.05) is 13.1 Å². The molecular weight excluding hydrogens is 268 g/mol. The number of fused-ring (bicyclic) bond motifs is 3. The zero-order valence-electron chi connectivity index (χ0n) is 8.66. The van der Waals surface area contributed by atoms with Crippen LogP contribution in [0.3, 0.4) is 0 Å². The molecule has 1 aliphatic carbocycles. The summed E-state index contributed by atoms with van der Waals surface area (Å²) in [6.07, 6.45) is 1.20. The summed E-state index contributed by atoms with van der Waals surface area (Å²) in [4.78, 5) is 0. The van der Waals surface area contributed by atoms with E-state index in [1.165, 1.54) is 17.4 Å². The maximum atomic E-state index is 5.40. The molecule has 1 fully saturated rings. The number of benzene rings is 1. The standard InChI is InChI=1S/C12H11BrN2O/c13-6-3-8-7-1-2-14-5-9(7)12-11(8)10(4-6)16-15-12/h3-4,7,9,14H,1-2,5H2. The molecule has 2 heterocycles. The minimum atomic E-state index is 0.513. The molecule has 0 spiro atoms. The summed E-state index contributed by atoms with van der Waals surface area (Å²) in [5.74, 6) is 1.15. The Balaban J connectivity index is 2.04. The van der Waals surface area contributed by atoms with Crippen molar-refractivity contribution in [1.29, 1.82) is 0 Å². The summed E-state index contributed by atoms with van der Waals surface area (Å²) in [5.41, 5.74) is 3.51. The first-order valence-electron chi connectivity index (χ1n) is 5.64. The van der Waals surface area contributed by atoms with Crippen LogP contribution < -0.4 is 5.32 Å². The monoisotopic (exact) mass is 278 g/mol. The van der Waals surface area contributed by atoms with E-state index in [-0.39, 0.29) is 0 Å². The Morgan fingerprint density at radius 2 is 2.31 bits per heavy atom. The van der Waals surface area contributed by atoms with Crippen molar-refractivity contribution in [1.82, 2.24) is 10.5 Å². The zero-order valence-corrected chi connectivity index (χ0v) is 10.3. The van der Waals surface area contributed by atoms with Gasteiger partial charge in [0.15, 0.2) is 5.58 Å². The first-order chi connectivity index (χ1) is 7.84. The minimum Gasteiger partial charge on any atom is -0.356 e. The highest BCUT2D eigenvalue weighted by atomic mass is 79.9. The van der Waals surface area contributed by atoms with E-state index in [1.54, 1.807) is 0 Å². The van der Waals surface area contributed by atoms with Crippen molar-refractivity contribution in [3.63, 3.8) is 0 Å². The molecule has 4 heteroatoms. The zero-order chi connectivity index (χ0) is 10.7. The highest BCUT2D eigenvalue weighted by Gasteiger charge is 2.39. The Morgan fingerprint density at radius 3 is 3.25 bits per heavy atom. The fourth-order valence-corrected chi connectivity index (χ4v) is 3.61. The number of halogens is 1. The van der Waals surface area contributed by atoms with Gasteiger partial charge in [0.05, 0.1) is 5.69 Å². The second-order valence-electron chi connectivity index (χ2n) is 4.64. The SMILES string of the molecule is Brc1cc2c3c(noc3c1)C1CNCCC21. The summed E-state index contributed by atoms with van der Waals surface area (Å²) in [7, 11) is 0. The number of rotatable bonds is 0. The average Bonchev–Trinajstić information content (AvgIpc) is 2.83. The van der Waals surface area contributed by atoms with E-state index < -0.39 is 0 Å². The molecule has 0 radical (unpaired) electrons. The molecule has 0 amide bonds. The predicted molar refractivity (Wildman–Crippen MR) is 64.7 cm³/mol. The third kappa shape index (κ3) is 1.04. The van der Waals surface area contributed by atoms with Crippen LogP contribution in [0.4, 0.5) is 0 Å². The lowest BCUT2D eigenvalue weighted by Gasteiger charge is -2.26. The molecule has 0 saturated carbocycles. The highest BCUT2D eigenvalue weighted by molar-refractivity contribution is 9.10. The third-order valence-electron chi connectivity index (χ3n) is 3.83. The van der Waals surface area contributed by atoms with Crippen molar-refractivity contribution in [3.8, 4) is 0 Å². The van der Waals surface area contributed by atoms with E-state index in [0.717, 1.165) is 28.8 Å². The fourth-order valence-electron chi connectivity index (χ4n) is 3.16. The molecule has 2 atom stereocenters. The van der Waals surface area contributed by atoms with Crippen LogP contribution in [0.2, 0.25) is 0 Å². The molecule has 16 heavy (non-hydrogen) atoms. The first-order valence-corrected chi connectivity index (χ1v) is 6.43. The molecule has 2 unspecified atom stereocenters.